The first-order chi connectivity index (χ1) is 18.9. The van der Waals surface area contributed by atoms with Crippen molar-refractivity contribution in [2.45, 2.75) is 38.3 Å². The monoisotopic (exact) mass is 583 g/mol. The Morgan fingerprint density at radius 2 is 1.82 bits per heavy atom. The van der Waals surface area contributed by atoms with Crippen molar-refractivity contribution in [1.29, 1.82) is 0 Å². The minimum absolute atomic E-state index is 0.0513. The van der Waals surface area contributed by atoms with E-state index in [0.29, 0.717) is 24.2 Å². The minimum atomic E-state index is -4.35. The molecule has 1 spiro atoms. The van der Waals surface area contributed by atoms with Crippen molar-refractivity contribution in [3.05, 3.63) is 52.4 Å². The van der Waals surface area contributed by atoms with Gasteiger partial charge in [0.25, 0.3) is 11.5 Å². The van der Waals surface area contributed by atoms with Gasteiger partial charge in [-0.3, -0.25) is 14.3 Å². The third kappa shape index (κ3) is 6.07. The van der Waals surface area contributed by atoms with E-state index in [9.17, 15) is 31.2 Å². The van der Waals surface area contributed by atoms with Crippen LogP contribution in [0.4, 0.5) is 30.2 Å². The number of benzene rings is 1. The third-order valence-corrected chi connectivity index (χ3v) is 9.38. The zero-order valence-electron chi connectivity index (χ0n) is 21.8. The van der Waals surface area contributed by atoms with E-state index in [1.54, 1.807) is 6.07 Å². The molecule has 0 bridgehead atoms. The lowest BCUT2D eigenvalue weighted by molar-refractivity contribution is -0.168. The summed E-state index contributed by atoms with van der Waals surface area (Å²) in [4.78, 5) is 28.6. The molecule has 1 aromatic carbocycles. The fourth-order valence-corrected chi connectivity index (χ4v) is 6.32. The smallest absolute Gasteiger partial charge is 0.393 e. The lowest BCUT2D eigenvalue weighted by Crippen LogP contribution is -2.42. The molecule has 40 heavy (non-hydrogen) atoms. The molecule has 1 atom stereocenters. The molecule has 14 heteroatoms. The van der Waals surface area contributed by atoms with Crippen LogP contribution in [0.2, 0.25) is 0 Å². The van der Waals surface area contributed by atoms with Gasteiger partial charge < -0.3 is 20.3 Å². The molecule has 3 N–H and O–H groups in total. The number of rotatable bonds is 8. The minimum Gasteiger partial charge on any atom is -0.395 e. The highest BCUT2D eigenvalue weighted by Crippen LogP contribution is 2.54. The number of sulfonamides is 1. The molecule has 5 rings (SSSR count). The average molecular weight is 584 g/mol. The van der Waals surface area contributed by atoms with E-state index < -0.39 is 45.9 Å². The number of amides is 1. The number of aliphatic hydroxyl groups is 1. The first-order valence-electron chi connectivity index (χ1n) is 13.3. The molecule has 1 amide bonds. The van der Waals surface area contributed by atoms with Crippen LogP contribution >= 0.6 is 0 Å². The molecular formula is C26H32F3N5O5S. The van der Waals surface area contributed by atoms with Gasteiger partial charge >= 0.3 is 6.18 Å². The number of carbonyl (C=O) groups excluding carboxylic acids is 1. The molecule has 1 aliphatic carbocycles. The van der Waals surface area contributed by atoms with Crippen LogP contribution in [0.15, 0.2) is 41.3 Å². The Morgan fingerprint density at radius 3 is 2.45 bits per heavy atom. The van der Waals surface area contributed by atoms with Crippen LogP contribution in [0, 0.1) is 11.3 Å². The third-order valence-electron chi connectivity index (χ3n) is 8.11. The second-order valence-electron chi connectivity index (χ2n) is 10.8. The SMILES string of the molecule is O=C(Nc1cccn(N2CC[C@@H](C(F)(F)F)C2)c1=O)c1ccc(NS(=O)(=O)CCO)cc1N1CCC2(CC1)CC2. The summed E-state index contributed by atoms with van der Waals surface area (Å²) in [5.74, 6) is -2.61. The summed E-state index contributed by atoms with van der Waals surface area (Å²) in [7, 11) is -3.79. The Morgan fingerprint density at radius 1 is 1.10 bits per heavy atom. The van der Waals surface area contributed by atoms with Crippen molar-refractivity contribution in [1.82, 2.24) is 4.68 Å². The van der Waals surface area contributed by atoms with E-state index >= 15 is 0 Å². The van der Waals surface area contributed by atoms with E-state index in [1.165, 1.54) is 48.3 Å². The molecule has 1 aromatic heterocycles. The molecule has 2 aliphatic heterocycles. The number of nitrogens with one attached hydrogen (secondary N) is 2. The Balaban J connectivity index is 1.39. The molecule has 3 fully saturated rings. The number of hydrogen-bond donors (Lipinski definition) is 3. The number of alkyl halides is 3. The maximum Gasteiger partial charge on any atom is 0.393 e. The van der Waals surface area contributed by atoms with Crippen molar-refractivity contribution in [2.75, 3.05) is 58.5 Å². The largest absolute Gasteiger partial charge is 0.395 e. The topological polar surface area (TPSA) is 124 Å². The van der Waals surface area contributed by atoms with Crippen LogP contribution in [0.1, 0.15) is 42.5 Å². The quantitative estimate of drug-likeness (QED) is 0.437. The maximum absolute atomic E-state index is 13.5. The highest BCUT2D eigenvalue weighted by Gasteiger charge is 2.45. The molecule has 3 heterocycles. The molecule has 0 unspecified atom stereocenters. The van der Waals surface area contributed by atoms with Crippen LogP contribution < -0.4 is 25.5 Å². The second-order valence-corrected chi connectivity index (χ2v) is 12.7. The van der Waals surface area contributed by atoms with Crippen LogP contribution in [0.5, 0.6) is 0 Å². The summed E-state index contributed by atoms with van der Waals surface area (Å²) in [6, 6.07) is 7.35. The molecule has 218 valence electrons. The maximum atomic E-state index is 13.5. The van der Waals surface area contributed by atoms with Crippen molar-refractivity contribution in [3.63, 3.8) is 0 Å². The Kier molecular flexibility index (Phi) is 7.50. The summed E-state index contributed by atoms with van der Waals surface area (Å²) in [5.41, 5.74) is 0.585. The number of aliphatic hydroxyl groups excluding tert-OH is 1. The fraction of sp³-hybridized carbons (Fsp3) is 0.538. The standard InChI is InChI=1S/C26H32F3N5O5S/c27-26(28,29)18-5-11-33(17-18)34-10-1-2-21(24(34)37)30-23(36)20-4-3-19(31-40(38,39)15-14-35)16-22(20)32-12-8-25(6-7-25)9-13-32/h1-4,10,16,18,31,35H,5-9,11-15,17H2,(H,30,36)/t18-/m1/s1. The number of nitrogens with zero attached hydrogens (tertiary/aromatic N) is 3. The van der Waals surface area contributed by atoms with Gasteiger partial charge in [0, 0.05) is 32.4 Å². The molecule has 2 saturated heterocycles. The van der Waals surface area contributed by atoms with E-state index in [2.05, 4.69) is 10.0 Å². The van der Waals surface area contributed by atoms with E-state index in [4.69, 9.17) is 5.11 Å². The van der Waals surface area contributed by atoms with E-state index in [0.717, 1.165) is 17.5 Å². The van der Waals surface area contributed by atoms with Crippen LogP contribution in [-0.2, 0) is 10.0 Å². The predicted molar refractivity (Wildman–Crippen MR) is 145 cm³/mol. The van der Waals surface area contributed by atoms with Crippen molar-refractivity contribution in [2.24, 2.45) is 11.3 Å². The van der Waals surface area contributed by atoms with Crippen LogP contribution in [0.25, 0.3) is 0 Å². The van der Waals surface area contributed by atoms with Crippen molar-refractivity contribution < 1.29 is 31.5 Å². The van der Waals surface area contributed by atoms with Gasteiger partial charge in [0.05, 0.1) is 35.2 Å². The summed E-state index contributed by atoms with van der Waals surface area (Å²) in [6.07, 6.45) is 1.15. The summed E-state index contributed by atoms with van der Waals surface area (Å²) in [6.45, 7) is 0.520. The van der Waals surface area contributed by atoms with Crippen molar-refractivity contribution >= 4 is 33.0 Å². The molecule has 2 aromatic rings. The van der Waals surface area contributed by atoms with Crippen LogP contribution in [-0.4, -0.2) is 68.8 Å². The Bertz CT molecular complexity index is 1430. The lowest BCUT2D eigenvalue weighted by Gasteiger charge is -2.35. The van der Waals surface area contributed by atoms with Gasteiger partial charge in [-0.25, -0.2) is 13.1 Å². The van der Waals surface area contributed by atoms with Gasteiger partial charge in [-0.15, -0.1) is 0 Å². The van der Waals surface area contributed by atoms with E-state index in [-0.39, 0.29) is 36.4 Å². The van der Waals surface area contributed by atoms with Crippen LogP contribution in [0.3, 0.4) is 0 Å². The number of pyridine rings is 1. The first-order valence-corrected chi connectivity index (χ1v) is 14.9. The second kappa shape index (κ2) is 10.6. The van der Waals surface area contributed by atoms with Gasteiger partial charge in [0.15, 0.2) is 0 Å². The molecular weight excluding hydrogens is 551 g/mol. The van der Waals surface area contributed by atoms with Gasteiger partial charge in [0.1, 0.15) is 5.69 Å². The number of aromatic nitrogens is 1. The molecule has 10 nitrogen and oxygen atoms in total. The Hall–Kier alpha value is -3.26. The number of piperidine rings is 1. The zero-order chi connectivity index (χ0) is 28.7. The number of halogens is 3. The zero-order valence-corrected chi connectivity index (χ0v) is 22.6. The van der Waals surface area contributed by atoms with E-state index in [1.807, 2.05) is 4.90 Å². The number of carbonyl (C=O) groups is 1. The molecule has 3 aliphatic rings. The van der Waals surface area contributed by atoms with Gasteiger partial charge in [-0.05, 0) is 67.9 Å². The molecule has 0 radical (unpaired) electrons. The van der Waals surface area contributed by atoms with Gasteiger partial charge in [-0.2, -0.15) is 13.2 Å². The summed E-state index contributed by atoms with van der Waals surface area (Å²) >= 11 is 0. The van der Waals surface area contributed by atoms with Gasteiger partial charge in [0.2, 0.25) is 10.0 Å². The highest BCUT2D eigenvalue weighted by atomic mass is 32.2. The Labute approximate surface area is 229 Å². The summed E-state index contributed by atoms with van der Waals surface area (Å²) < 4.78 is 67.5. The average Bonchev–Trinajstić information content (AvgIpc) is 3.43. The fourth-order valence-electron chi connectivity index (χ4n) is 5.49. The highest BCUT2D eigenvalue weighted by molar-refractivity contribution is 7.92. The number of hydrogen-bond acceptors (Lipinski definition) is 7. The summed E-state index contributed by atoms with van der Waals surface area (Å²) in [5, 5.41) is 13.0. The normalized spacial score (nSPS) is 20.6. The molecule has 1 saturated carbocycles. The first kappa shape index (κ1) is 28.3. The predicted octanol–water partition coefficient (Wildman–Crippen LogP) is 2.74. The van der Waals surface area contributed by atoms with Crippen molar-refractivity contribution in [3.8, 4) is 0 Å². The number of anilines is 3. The lowest BCUT2D eigenvalue weighted by atomic mass is 9.93. The van der Waals surface area contributed by atoms with Gasteiger partial charge in [-0.1, -0.05) is 0 Å².